The number of thioether (sulfide) groups is 1. The summed E-state index contributed by atoms with van der Waals surface area (Å²) in [6.07, 6.45) is 1.11. The summed E-state index contributed by atoms with van der Waals surface area (Å²) < 4.78 is 0. The number of piperazine rings is 1. The van der Waals surface area contributed by atoms with Crippen LogP contribution in [0.4, 0.5) is 0 Å². The molecule has 0 bridgehead atoms. The van der Waals surface area contributed by atoms with Crippen LogP contribution in [-0.4, -0.2) is 59.3 Å². The maximum atomic E-state index is 11.8. The molecule has 0 radical (unpaired) electrons. The Morgan fingerprint density at radius 1 is 1.12 bits per heavy atom. The Morgan fingerprint density at radius 3 is 2.19 bits per heavy atom. The van der Waals surface area contributed by atoms with Gasteiger partial charge in [-0.1, -0.05) is 6.92 Å². The van der Waals surface area contributed by atoms with Gasteiger partial charge in [0.2, 0.25) is 11.8 Å². The van der Waals surface area contributed by atoms with Crippen LogP contribution in [0.15, 0.2) is 0 Å². The van der Waals surface area contributed by atoms with E-state index in [1.807, 2.05) is 4.90 Å². The Hall–Kier alpha value is -0.710. The summed E-state index contributed by atoms with van der Waals surface area (Å²) in [7, 11) is 0. The highest BCUT2D eigenvalue weighted by atomic mass is 32.2. The summed E-state index contributed by atoms with van der Waals surface area (Å²) in [6.45, 7) is 6.42. The highest BCUT2D eigenvalue weighted by Crippen LogP contribution is 2.07. The lowest BCUT2D eigenvalue weighted by Gasteiger charge is -2.34. The van der Waals surface area contributed by atoms with Gasteiger partial charge in [0.05, 0.1) is 5.75 Å². The standard InChI is InChI=1S/C11H20N2O2S/c1-3-8-16-9-11(15)13-6-4-12(5-7-13)10(2)14/h3-9H2,1-2H3. The van der Waals surface area contributed by atoms with Gasteiger partial charge in [-0.15, -0.1) is 0 Å². The number of rotatable bonds is 4. The molecular weight excluding hydrogens is 224 g/mol. The van der Waals surface area contributed by atoms with E-state index in [1.165, 1.54) is 0 Å². The molecule has 0 aromatic carbocycles. The highest BCUT2D eigenvalue weighted by molar-refractivity contribution is 7.99. The van der Waals surface area contributed by atoms with Crippen LogP contribution in [-0.2, 0) is 9.59 Å². The van der Waals surface area contributed by atoms with Crippen molar-refractivity contribution in [1.82, 2.24) is 9.80 Å². The Kier molecular flexibility index (Phi) is 5.66. The molecule has 1 saturated heterocycles. The fourth-order valence-corrected chi connectivity index (χ4v) is 2.46. The lowest BCUT2D eigenvalue weighted by atomic mass is 10.3. The normalized spacial score (nSPS) is 16.4. The van der Waals surface area contributed by atoms with Crippen molar-refractivity contribution in [1.29, 1.82) is 0 Å². The second-order valence-corrected chi connectivity index (χ2v) is 5.04. The van der Waals surface area contributed by atoms with E-state index in [9.17, 15) is 9.59 Å². The predicted octanol–water partition coefficient (Wildman–Crippen LogP) is 0.820. The SMILES string of the molecule is CCCSCC(=O)N1CCN(C(C)=O)CC1. The van der Waals surface area contributed by atoms with Crippen LogP contribution in [0, 0.1) is 0 Å². The first-order valence-electron chi connectivity index (χ1n) is 5.76. The third-order valence-corrected chi connectivity index (χ3v) is 3.80. The summed E-state index contributed by atoms with van der Waals surface area (Å²) >= 11 is 1.69. The van der Waals surface area contributed by atoms with E-state index in [0.717, 1.165) is 12.2 Å². The first kappa shape index (κ1) is 13.4. The molecule has 1 rings (SSSR count). The van der Waals surface area contributed by atoms with Gasteiger partial charge in [0, 0.05) is 33.1 Å². The minimum atomic E-state index is 0.104. The van der Waals surface area contributed by atoms with Gasteiger partial charge in [-0.3, -0.25) is 9.59 Å². The molecule has 0 aromatic rings. The zero-order chi connectivity index (χ0) is 12.0. The molecule has 4 nitrogen and oxygen atoms in total. The molecule has 0 saturated carbocycles. The monoisotopic (exact) mass is 244 g/mol. The summed E-state index contributed by atoms with van der Waals surface area (Å²) in [5.41, 5.74) is 0. The van der Waals surface area contributed by atoms with Gasteiger partial charge in [-0.05, 0) is 12.2 Å². The zero-order valence-electron chi connectivity index (χ0n) is 10.1. The largest absolute Gasteiger partial charge is 0.339 e. The van der Waals surface area contributed by atoms with E-state index in [4.69, 9.17) is 0 Å². The van der Waals surface area contributed by atoms with Crippen molar-refractivity contribution in [2.24, 2.45) is 0 Å². The third kappa shape index (κ3) is 4.04. The van der Waals surface area contributed by atoms with Crippen molar-refractivity contribution in [2.45, 2.75) is 20.3 Å². The summed E-state index contributed by atoms with van der Waals surface area (Å²) in [5, 5.41) is 0. The lowest BCUT2D eigenvalue weighted by Crippen LogP contribution is -2.50. The average Bonchev–Trinajstić information content (AvgIpc) is 2.29. The van der Waals surface area contributed by atoms with E-state index in [2.05, 4.69) is 6.92 Å². The molecular formula is C11H20N2O2S. The molecule has 0 N–H and O–H groups in total. The van der Waals surface area contributed by atoms with Crippen LogP contribution in [0.25, 0.3) is 0 Å². The van der Waals surface area contributed by atoms with E-state index < -0.39 is 0 Å². The molecule has 0 aromatic heterocycles. The Bertz CT molecular complexity index is 250. The van der Waals surface area contributed by atoms with Crippen LogP contribution in [0.1, 0.15) is 20.3 Å². The van der Waals surface area contributed by atoms with Crippen LogP contribution in [0.5, 0.6) is 0 Å². The Morgan fingerprint density at radius 2 is 1.69 bits per heavy atom. The molecule has 1 aliphatic rings. The fraction of sp³-hybridized carbons (Fsp3) is 0.818. The quantitative estimate of drug-likeness (QED) is 0.688. The maximum absolute atomic E-state index is 11.8. The van der Waals surface area contributed by atoms with Gasteiger partial charge in [0.15, 0.2) is 0 Å². The number of carbonyl (C=O) groups excluding carboxylic acids is 2. The molecule has 0 aliphatic carbocycles. The zero-order valence-corrected chi connectivity index (χ0v) is 10.9. The van der Waals surface area contributed by atoms with Crippen LogP contribution < -0.4 is 0 Å². The minimum Gasteiger partial charge on any atom is -0.339 e. The Labute approximate surface area is 101 Å². The topological polar surface area (TPSA) is 40.6 Å². The third-order valence-electron chi connectivity index (χ3n) is 2.65. The smallest absolute Gasteiger partial charge is 0.232 e. The second-order valence-electron chi connectivity index (χ2n) is 3.94. The average molecular weight is 244 g/mol. The molecule has 16 heavy (non-hydrogen) atoms. The van der Waals surface area contributed by atoms with Crippen molar-refractivity contribution in [3.05, 3.63) is 0 Å². The molecule has 1 aliphatic heterocycles. The fourth-order valence-electron chi connectivity index (χ4n) is 1.67. The van der Waals surface area contributed by atoms with Crippen molar-refractivity contribution in [3.63, 3.8) is 0 Å². The number of nitrogens with zero attached hydrogens (tertiary/aromatic N) is 2. The molecule has 2 amide bonds. The number of hydrogen-bond acceptors (Lipinski definition) is 3. The summed E-state index contributed by atoms with van der Waals surface area (Å²) in [6, 6.07) is 0. The Balaban J connectivity index is 2.25. The van der Waals surface area contributed by atoms with E-state index >= 15 is 0 Å². The number of carbonyl (C=O) groups is 2. The van der Waals surface area contributed by atoms with Crippen molar-refractivity contribution >= 4 is 23.6 Å². The molecule has 92 valence electrons. The molecule has 5 heteroatoms. The van der Waals surface area contributed by atoms with E-state index in [0.29, 0.717) is 31.9 Å². The van der Waals surface area contributed by atoms with E-state index in [-0.39, 0.29) is 11.8 Å². The van der Waals surface area contributed by atoms with Gasteiger partial charge in [-0.2, -0.15) is 11.8 Å². The van der Waals surface area contributed by atoms with Crippen molar-refractivity contribution < 1.29 is 9.59 Å². The van der Waals surface area contributed by atoms with Gasteiger partial charge in [-0.25, -0.2) is 0 Å². The molecule has 0 spiro atoms. The van der Waals surface area contributed by atoms with Gasteiger partial charge >= 0.3 is 0 Å². The molecule has 1 heterocycles. The maximum Gasteiger partial charge on any atom is 0.232 e. The number of amides is 2. The van der Waals surface area contributed by atoms with E-state index in [1.54, 1.807) is 23.6 Å². The summed E-state index contributed by atoms with van der Waals surface area (Å²) in [4.78, 5) is 26.5. The predicted molar refractivity (Wildman–Crippen MR) is 66.5 cm³/mol. The minimum absolute atomic E-state index is 0.104. The van der Waals surface area contributed by atoms with Gasteiger partial charge < -0.3 is 9.80 Å². The van der Waals surface area contributed by atoms with Crippen LogP contribution in [0.3, 0.4) is 0 Å². The van der Waals surface area contributed by atoms with Crippen molar-refractivity contribution in [2.75, 3.05) is 37.7 Å². The first-order chi connectivity index (χ1) is 7.65. The molecule has 0 atom stereocenters. The lowest BCUT2D eigenvalue weighted by molar-refractivity contribution is -0.136. The molecule has 0 unspecified atom stereocenters. The van der Waals surface area contributed by atoms with Crippen LogP contribution >= 0.6 is 11.8 Å². The van der Waals surface area contributed by atoms with Gasteiger partial charge in [0.1, 0.15) is 0 Å². The second kappa shape index (κ2) is 6.78. The van der Waals surface area contributed by atoms with Crippen LogP contribution in [0.2, 0.25) is 0 Å². The van der Waals surface area contributed by atoms with Crippen molar-refractivity contribution in [3.8, 4) is 0 Å². The first-order valence-corrected chi connectivity index (χ1v) is 6.91. The van der Waals surface area contributed by atoms with Gasteiger partial charge in [0.25, 0.3) is 0 Å². The highest BCUT2D eigenvalue weighted by Gasteiger charge is 2.21. The number of hydrogen-bond donors (Lipinski definition) is 0. The summed E-state index contributed by atoms with van der Waals surface area (Å²) in [5.74, 6) is 1.93. The molecule has 1 fully saturated rings.